The van der Waals surface area contributed by atoms with Crippen molar-refractivity contribution in [2.24, 2.45) is 0 Å². The SMILES string of the molecule is Cc1cc(SC(F)(F)F)cnc1I. The van der Waals surface area contributed by atoms with Gasteiger partial charge in [0.05, 0.1) is 0 Å². The highest BCUT2D eigenvalue weighted by Gasteiger charge is 2.29. The van der Waals surface area contributed by atoms with Gasteiger partial charge in [-0.25, -0.2) is 4.98 Å². The molecule has 0 amide bonds. The summed E-state index contributed by atoms with van der Waals surface area (Å²) in [5.74, 6) is 0. The number of alkyl halides is 3. The fourth-order valence-corrected chi connectivity index (χ4v) is 1.63. The average Bonchev–Trinajstić information content (AvgIpc) is 1.94. The lowest BCUT2D eigenvalue weighted by atomic mass is 10.3. The summed E-state index contributed by atoms with van der Waals surface area (Å²) in [4.78, 5) is 3.96. The maximum Gasteiger partial charge on any atom is 0.446 e. The van der Waals surface area contributed by atoms with Crippen LogP contribution in [0.25, 0.3) is 0 Å². The largest absolute Gasteiger partial charge is 0.446 e. The minimum Gasteiger partial charge on any atom is -0.249 e. The quantitative estimate of drug-likeness (QED) is 0.446. The zero-order valence-corrected chi connectivity index (χ0v) is 9.50. The molecule has 0 fully saturated rings. The first-order valence-electron chi connectivity index (χ1n) is 3.26. The minimum absolute atomic E-state index is 0.130. The number of aromatic nitrogens is 1. The molecule has 0 aliphatic heterocycles. The summed E-state index contributed by atoms with van der Waals surface area (Å²) in [6.45, 7) is 1.73. The number of rotatable bonds is 1. The number of hydrogen-bond acceptors (Lipinski definition) is 2. The van der Waals surface area contributed by atoms with Crippen LogP contribution in [0, 0.1) is 10.6 Å². The van der Waals surface area contributed by atoms with E-state index in [-0.39, 0.29) is 16.7 Å². The molecular weight excluding hydrogens is 314 g/mol. The van der Waals surface area contributed by atoms with Gasteiger partial charge in [-0.2, -0.15) is 13.2 Å². The van der Waals surface area contributed by atoms with Crippen LogP contribution < -0.4 is 0 Å². The highest BCUT2D eigenvalue weighted by atomic mass is 127. The number of pyridine rings is 1. The molecule has 1 aromatic heterocycles. The Morgan fingerprint density at radius 2 is 2.08 bits per heavy atom. The summed E-state index contributed by atoms with van der Waals surface area (Å²) in [7, 11) is 0. The molecule has 0 bridgehead atoms. The second-order valence-electron chi connectivity index (χ2n) is 2.33. The molecule has 0 unspecified atom stereocenters. The van der Waals surface area contributed by atoms with Crippen LogP contribution in [0.2, 0.25) is 0 Å². The molecule has 1 nitrogen and oxygen atoms in total. The molecule has 0 aliphatic carbocycles. The van der Waals surface area contributed by atoms with Crippen molar-refractivity contribution in [1.29, 1.82) is 0 Å². The van der Waals surface area contributed by atoms with Crippen LogP contribution in [0.5, 0.6) is 0 Å². The average molecular weight is 319 g/mol. The molecule has 1 aromatic rings. The zero-order valence-electron chi connectivity index (χ0n) is 6.52. The van der Waals surface area contributed by atoms with E-state index in [1.54, 1.807) is 6.92 Å². The van der Waals surface area contributed by atoms with E-state index in [9.17, 15) is 13.2 Å². The Bertz CT molecular complexity index is 313. The van der Waals surface area contributed by atoms with Crippen LogP contribution in [0.3, 0.4) is 0 Å². The van der Waals surface area contributed by atoms with Gasteiger partial charge in [0.15, 0.2) is 0 Å². The predicted molar refractivity (Wildman–Crippen MR) is 53.6 cm³/mol. The standard InChI is InChI=1S/C7H5F3INS/c1-4-2-5(3-12-6(4)11)13-7(8,9)10/h2-3H,1H3. The normalized spacial score (nSPS) is 11.8. The van der Waals surface area contributed by atoms with Gasteiger partial charge >= 0.3 is 5.51 Å². The Morgan fingerprint density at radius 1 is 1.46 bits per heavy atom. The van der Waals surface area contributed by atoms with Gasteiger partial charge in [-0.15, -0.1) is 0 Å². The first kappa shape index (κ1) is 11.1. The van der Waals surface area contributed by atoms with Crippen LogP contribution in [0.4, 0.5) is 13.2 Å². The summed E-state index contributed by atoms with van der Waals surface area (Å²) in [5, 5.41) is 0. The van der Waals surface area contributed by atoms with Crippen LogP contribution in [-0.2, 0) is 0 Å². The molecule has 0 aliphatic rings. The van der Waals surface area contributed by atoms with Crippen molar-refractivity contribution < 1.29 is 13.2 Å². The van der Waals surface area contributed by atoms with E-state index in [0.29, 0.717) is 0 Å². The number of aryl methyl sites for hydroxylation is 1. The van der Waals surface area contributed by atoms with Crippen LogP contribution in [0.15, 0.2) is 17.2 Å². The molecule has 0 saturated heterocycles. The smallest absolute Gasteiger partial charge is 0.249 e. The van der Waals surface area contributed by atoms with E-state index in [4.69, 9.17) is 0 Å². The molecule has 0 N–H and O–H groups in total. The van der Waals surface area contributed by atoms with Crippen molar-refractivity contribution in [3.8, 4) is 0 Å². The van der Waals surface area contributed by atoms with E-state index >= 15 is 0 Å². The van der Waals surface area contributed by atoms with Crippen LogP contribution in [0.1, 0.15) is 5.56 Å². The molecule has 0 atom stereocenters. The number of hydrogen-bond donors (Lipinski definition) is 0. The third kappa shape index (κ3) is 3.72. The van der Waals surface area contributed by atoms with E-state index in [0.717, 1.165) is 9.26 Å². The summed E-state index contributed by atoms with van der Waals surface area (Å²) in [6.07, 6.45) is 1.23. The Balaban J connectivity index is 2.86. The van der Waals surface area contributed by atoms with E-state index in [1.807, 2.05) is 22.6 Å². The van der Waals surface area contributed by atoms with Gasteiger partial charge in [-0.1, -0.05) is 0 Å². The molecule has 6 heteroatoms. The van der Waals surface area contributed by atoms with Crippen LogP contribution >= 0.6 is 34.4 Å². The van der Waals surface area contributed by atoms with Gasteiger partial charge < -0.3 is 0 Å². The van der Waals surface area contributed by atoms with E-state index < -0.39 is 5.51 Å². The first-order chi connectivity index (χ1) is 5.88. The van der Waals surface area contributed by atoms with E-state index in [2.05, 4.69) is 4.98 Å². The lowest BCUT2D eigenvalue weighted by Gasteiger charge is -2.05. The predicted octanol–water partition coefficient (Wildman–Crippen LogP) is 3.61. The Hall–Kier alpha value is 0.0200. The third-order valence-electron chi connectivity index (χ3n) is 1.22. The summed E-state index contributed by atoms with van der Waals surface area (Å²) in [5.41, 5.74) is -3.48. The van der Waals surface area contributed by atoms with Gasteiger partial charge in [0.25, 0.3) is 0 Å². The molecule has 0 radical (unpaired) electrons. The van der Waals surface area contributed by atoms with Gasteiger partial charge in [-0.05, 0) is 52.9 Å². The van der Waals surface area contributed by atoms with Gasteiger partial charge in [0.1, 0.15) is 3.70 Å². The molecule has 0 aromatic carbocycles. The zero-order chi connectivity index (χ0) is 10.1. The molecule has 1 rings (SSSR count). The van der Waals surface area contributed by atoms with Crippen molar-refractivity contribution in [2.45, 2.75) is 17.3 Å². The second kappa shape index (κ2) is 4.04. The summed E-state index contributed by atoms with van der Waals surface area (Å²) < 4.78 is 36.4. The van der Waals surface area contributed by atoms with Gasteiger partial charge in [0, 0.05) is 11.1 Å². The van der Waals surface area contributed by atoms with Gasteiger partial charge in [-0.3, -0.25) is 0 Å². The Labute approximate surface area is 91.3 Å². The summed E-state index contributed by atoms with van der Waals surface area (Å²) in [6, 6.07) is 1.48. The minimum atomic E-state index is -4.24. The third-order valence-corrected chi connectivity index (χ3v) is 3.04. The van der Waals surface area contributed by atoms with Gasteiger partial charge in [0.2, 0.25) is 0 Å². The number of nitrogens with zero attached hydrogens (tertiary/aromatic N) is 1. The monoisotopic (exact) mass is 319 g/mol. The molecule has 0 saturated carbocycles. The maximum absolute atomic E-state index is 11.9. The molecule has 0 spiro atoms. The van der Waals surface area contributed by atoms with Crippen LogP contribution in [-0.4, -0.2) is 10.5 Å². The lowest BCUT2D eigenvalue weighted by molar-refractivity contribution is -0.0328. The van der Waals surface area contributed by atoms with E-state index in [1.165, 1.54) is 12.3 Å². The summed E-state index contributed by atoms with van der Waals surface area (Å²) >= 11 is 1.83. The van der Waals surface area contributed by atoms with Crippen molar-refractivity contribution in [3.63, 3.8) is 0 Å². The van der Waals surface area contributed by atoms with Crippen molar-refractivity contribution >= 4 is 34.4 Å². The van der Waals surface area contributed by atoms with Crippen molar-refractivity contribution in [2.75, 3.05) is 0 Å². The lowest BCUT2D eigenvalue weighted by Crippen LogP contribution is -1.99. The topological polar surface area (TPSA) is 12.9 Å². The van der Waals surface area contributed by atoms with Crippen molar-refractivity contribution in [3.05, 3.63) is 21.5 Å². The van der Waals surface area contributed by atoms with Crippen molar-refractivity contribution in [1.82, 2.24) is 4.98 Å². The Morgan fingerprint density at radius 3 is 2.54 bits per heavy atom. The Kier molecular flexibility index (Phi) is 3.44. The first-order valence-corrected chi connectivity index (χ1v) is 5.16. The molecule has 1 heterocycles. The molecular formula is C7H5F3INS. The number of halogens is 4. The second-order valence-corrected chi connectivity index (χ2v) is 4.49. The highest BCUT2D eigenvalue weighted by Crippen LogP contribution is 2.36. The fraction of sp³-hybridized carbons (Fsp3) is 0.286. The molecule has 72 valence electrons. The highest BCUT2D eigenvalue weighted by molar-refractivity contribution is 14.1. The molecule has 13 heavy (non-hydrogen) atoms. The maximum atomic E-state index is 11.9. The number of thioether (sulfide) groups is 1. The fourth-order valence-electron chi connectivity index (χ4n) is 0.722.